The summed E-state index contributed by atoms with van der Waals surface area (Å²) in [6.45, 7) is 12.4. The lowest BCUT2D eigenvalue weighted by Crippen LogP contribution is -2.54. The highest BCUT2D eigenvalue weighted by atomic mass is 28.2. The van der Waals surface area contributed by atoms with Crippen molar-refractivity contribution in [3.05, 3.63) is 196 Å². The van der Waals surface area contributed by atoms with Crippen molar-refractivity contribution < 1.29 is 23.4 Å². The van der Waals surface area contributed by atoms with Gasteiger partial charge in [0.05, 0.1) is 13.7 Å². The van der Waals surface area contributed by atoms with Crippen molar-refractivity contribution in [3.63, 3.8) is 0 Å². The molecule has 3 atom stereocenters. The second-order valence-electron chi connectivity index (χ2n) is 18.0. The number of nitrogens with one attached hydrogen (secondary N) is 1. The van der Waals surface area contributed by atoms with Crippen LogP contribution in [0.5, 0.6) is 5.75 Å². The van der Waals surface area contributed by atoms with E-state index >= 15 is 0 Å². The van der Waals surface area contributed by atoms with E-state index in [1.54, 1.807) is 19.4 Å². The zero-order chi connectivity index (χ0) is 43.3. The van der Waals surface area contributed by atoms with Crippen LogP contribution in [0.25, 0.3) is 0 Å². The molecule has 0 saturated carbocycles. The van der Waals surface area contributed by atoms with E-state index in [4.69, 9.17) is 18.6 Å². The Morgan fingerprint density at radius 3 is 1.66 bits per heavy atom. The molecule has 0 bridgehead atoms. The zero-order valence-corrected chi connectivity index (χ0v) is 37.6. The summed E-state index contributed by atoms with van der Waals surface area (Å²) in [5.41, 5.74) is 1.17. The summed E-state index contributed by atoms with van der Waals surface area (Å²) < 4.78 is 29.8. The molecule has 0 aliphatic carbocycles. The molecule has 1 saturated heterocycles. The minimum atomic E-state index is -1.30. The summed E-state index contributed by atoms with van der Waals surface area (Å²) in [6, 6.07) is 50.8. The zero-order valence-electron chi connectivity index (χ0n) is 36.2. The summed E-state index contributed by atoms with van der Waals surface area (Å²) in [5.74, 6) is 0.212. The van der Waals surface area contributed by atoms with Gasteiger partial charge in [0, 0.05) is 24.0 Å². The molecule has 6 aromatic rings. The maximum absolute atomic E-state index is 14.2. The van der Waals surface area contributed by atoms with E-state index in [0.29, 0.717) is 6.42 Å². The number of benzene rings is 5. The predicted octanol–water partition coefficient (Wildman–Crippen LogP) is 9.56. The molecule has 1 amide bonds. The van der Waals surface area contributed by atoms with Crippen LogP contribution in [-0.2, 0) is 36.5 Å². The van der Waals surface area contributed by atoms with Gasteiger partial charge in [0.1, 0.15) is 35.1 Å². The average molecular weight is 836 g/mol. The molecule has 0 spiro atoms. The average Bonchev–Trinajstić information content (AvgIpc) is 3.71. The van der Waals surface area contributed by atoms with Crippen molar-refractivity contribution in [1.82, 2.24) is 9.55 Å². The summed E-state index contributed by atoms with van der Waals surface area (Å²) in [4.78, 5) is 31.5. The Bertz CT molecular complexity index is 2340. The monoisotopic (exact) mass is 835 g/mol. The summed E-state index contributed by atoms with van der Waals surface area (Å²) >= 11 is 0. The largest absolute Gasteiger partial charge is 0.497 e. The van der Waals surface area contributed by atoms with Crippen molar-refractivity contribution in [2.24, 2.45) is 11.3 Å². The van der Waals surface area contributed by atoms with E-state index in [9.17, 15) is 9.59 Å². The molecule has 1 aliphatic rings. The van der Waals surface area contributed by atoms with Crippen LogP contribution in [0.1, 0.15) is 82.0 Å². The van der Waals surface area contributed by atoms with E-state index in [1.165, 1.54) is 4.57 Å². The number of carbonyl (C=O) groups is 1. The van der Waals surface area contributed by atoms with Gasteiger partial charge in [0.15, 0.2) is 9.76 Å². The first kappa shape index (κ1) is 43.4. The summed E-state index contributed by atoms with van der Waals surface area (Å²) in [7, 11) is 0.360. The molecule has 10 heteroatoms. The number of methoxy groups -OCH3 is 1. The van der Waals surface area contributed by atoms with Gasteiger partial charge in [-0.1, -0.05) is 175 Å². The van der Waals surface area contributed by atoms with E-state index < -0.39 is 50.3 Å². The van der Waals surface area contributed by atoms with Gasteiger partial charge in [-0.2, -0.15) is 4.98 Å². The molecule has 9 nitrogen and oxygen atoms in total. The molecule has 1 aliphatic heterocycles. The molecule has 1 N–H and O–H groups in total. The first-order valence-electron chi connectivity index (χ1n) is 20.9. The predicted molar refractivity (Wildman–Crippen MR) is 243 cm³/mol. The molecular formula is C51H57N3O6Si. The number of aromatic nitrogens is 2. The highest BCUT2D eigenvalue weighted by Crippen LogP contribution is 2.57. The van der Waals surface area contributed by atoms with Gasteiger partial charge >= 0.3 is 5.69 Å². The Hall–Kier alpha value is -5.65. The summed E-state index contributed by atoms with van der Waals surface area (Å²) in [5, 5.41) is 2.72. The van der Waals surface area contributed by atoms with Crippen molar-refractivity contribution in [2.75, 3.05) is 12.4 Å². The highest BCUT2D eigenvalue weighted by molar-refractivity contribution is 6.32. The quantitative estimate of drug-likeness (QED) is 0.109. The van der Waals surface area contributed by atoms with Gasteiger partial charge in [0.25, 0.3) is 0 Å². The summed E-state index contributed by atoms with van der Waals surface area (Å²) in [6.07, 6.45) is 0.472. The molecule has 1 aromatic heterocycles. The van der Waals surface area contributed by atoms with E-state index in [-0.39, 0.29) is 23.4 Å². The van der Waals surface area contributed by atoms with Crippen LogP contribution < -0.4 is 15.7 Å². The third kappa shape index (κ3) is 9.33. The molecule has 61 heavy (non-hydrogen) atoms. The fraction of sp³-hybridized carbons (Fsp3) is 0.314. The van der Waals surface area contributed by atoms with Crippen LogP contribution in [-0.4, -0.2) is 38.4 Å². The first-order chi connectivity index (χ1) is 29.2. The molecule has 1 fully saturated rings. The molecule has 2 heterocycles. The number of hydrogen-bond acceptors (Lipinski definition) is 7. The number of ether oxygens (including phenoxy) is 3. The lowest BCUT2D eigenvalue weighted by molar-refractivity contribution is -0.145. The molecule has 5 aromatic carbocycles. The molecular weight excluding hydrogens is 779 g/mol. The van der Waals surface area contributed by atoms with Gasteiger partial charge in [-0.05, 0) is 51.1 Å². The van der Waals surface area contributed by atoms with Gasteiger partial charge in [0.2, 0.25) is 5.91 Å². The Balaban J connectivity index is 1.50. The Kier molecular flexibility index (Phi) is 12.9. The van der Waals surface area contributed by atoms with Crippen LogP contribution in [0.2, 0.25) is 5.04 Å². The fourth-order valence-electron chi connectivity index (χ4n) is 8.21. The number of nitrogens with zero attached hydrogens (tertiary/aromatic N) is 2. The van der Waals surface area contributed by atoms with Crippen LogP contribution in [0.15, 0.2) is 163 Å². The Labute approximate surface area is 362 Å². The fourth-order valence-corrected chi connectivity index (χ4v) is 9.37. The number of rotatable bonds is 14. The second-order valence-corrected chi connectivity index (χ2v) is 20.7. The van der Waals surface area contributed by atoms with Crippen molar-refractivity contribution in [3.8, 4) is 5.75 Å². The molecule has 0 radical (unpaired) electrons. The lowest BCUT2D eigenvalue weighted by Gasteiger charge is -2.49. The van der Waals surface area contributed by atoms with Gasteiger partial charge in [-0.15, -0.1) is 0 Å². The number of hydrogen-bond donors (Lipinski definition) is 1. The standard InChI is InChI=1S/C51H57N3O6Si/c1-48(2,3)46(55)52-43-32-33-54(47(56)53-43)44-34-42(45(59-44)51(60-61-49(4,5)6,39-24-16-10-17-25-39)40-26-18-11-19-27-40)50(37-20-12-8-13-21-37,38-22-14-9-15-23-38)58-35-36-28-30-41(57-7)31-29-36/h8-33,42,44-45H,34-35,61H2,1-7H3,(H,52,53,55,56). The van der Waals surface area contributed by atoms with Crippen molar-refractivity contribution in [1.29, 1.82) is 0 Å². The lowest BCUT2D eigenvalue weighted by atomic mass is 9.66. The van der Waals surface area contributed by atoms with Gasteiger partial charge in [-0.25, -0.2) is 4.79 Å². The maximum atomic E-state index is 14.2. The number of anilines is 1. The number of carbonyl (C=O) groups excluding carboxylic acids is 1. The highest BCUT2D eigenvalue weighted by Gasteiger charge is 2.61. The normalized spacial score (nSPS) is 17.4. The smallest absolute Gasteiger partial charge is 0.351 e. The van der Waals surface area contributed by atoms with Crippen LogP contribution in [0.3, 0.4) is 0 Å². The second kappa shape index (κ2) is 18.1. The molecule has 316 valence electrons. The SMILES string of the molecule is COc1ccc(COC(c2ccccc2)(c2ccccc2)C2CC(n3ccc(NC(=O)C(C)(C)C)nc3=O)OC2C(O[SiH2]C(C)(C)C)(c2ccccc2)c2ccccc2)cc1. The topological polar surface area (TPSA) is 101 Å². The van der Waals surface area contributed by atoms with E-state index in [0.717, 1.165) is 33.6 Å². The van der Waals surface area contributed by atoms with Crippen LogP contribution in [0.4, 0.5) is 5.82 Å². The minimum Gasteiger partial charge on any atom is -0.497 e. The van der Waals surface area contributed by atoms with E-state index in [2.05, 4.69) is 79.6 Å². The van der Waals surface area contributed by atoms with Crippen molar-refractivity contribution in [2.45, 2.75) is 83.1 Å². The molecule has 3 unspecified atom stereocenters. The third-order valence-corrected chi connectivity index (χ3v) is 12.7. The number of amides is 1. The van der Waals surface area contributed by atoms with Gasteiger partial charge in [-0.3, -0.25) is 9.36 Å². The van der Waals surface area contributed by atoms with Crippen molar-refractivity contribution >= 4 is 21.5 Å². The third-order valence-electron chi connectivity index (χ3n) is 11.3. The maximum Gasteiger partial charge on any atom is 0.351 e. The first-order valence-corrected chi connectivity index (χ1v) is 22.2. The Morgan fingerprint density at radius 2 is 1.21 bits per heavy atom. The van der Waals surface area contributed by atoms with E-state index in [1.807, 2.05) is 118 Å². The minimum absolute atomic E-state index is 0.0999. The van der Waals surface area contributed by atoms with Crippen LogP contribution >= 0.6 is 0 Å². The van der Waals surface area contributed by atoms with Gasteiger partial charge < -0.3 is 24.0 Å². The van der Waals surface area contributed by atoms with Crippen LogP contribution in [0, 0.1) is 11.3 Å². The molecule has 7 rings (SSSR count). The Morgan fingerprint density at radius 1 is 0.721 bits per heavy atom.